The van der Waals surface area contributed by atoms with Crippen LogP contribution in [0.1, 0.15) is 22.8 Å². The van der Waals surface area contributed by atoms with E-state index in [2.05, 4.69) is 13.5 Å². The molecule has 21 heavy (non-hydrogen) atoms. The molecule has 0 unspecified atom stereocenters. The highest BCUT2D eigenvalue weighted by atomic mass is 16.5. The average Bonchev–Trinajstić information content (AvgIpc) is 2.54. The molecule has 0 N–H and O–H groups in total. The van der Waals surface area contributed by atoms with Gasteiger partial charge in [0.2, 0.25) is 0 Å². The molecule has 0 aliphatic heterocycles. The molecule has 0 saturated heterocycles. The lowest BCUT2D eigenvalue weighted by Crippen LogP contribution is -2.08. The molecule has 0 radical (unpaired) electrons. The summed E-state index contributed by atoms with van der Waals surface area (Å²) in [5.41, 5.74) is 1.69. The Kier molecular flexibility index (Phi) is 5.16. The van der Waals surface area contributed by atoms with E-state index in [1.165, 1.54) is 5.56 Å². The second kappa shape index (κ2) is 7.29. The SMILES string of the molecule is C=CCOc1ccc(C(=O)Oc2ccc(CC)cc2)cc1. The van der Waals surface area contributed by atoms with Crippen LogP contribution in [0.3, 0.4) is 0 Å². The standard InChI is InChI=1S/C18H18O3/c1-3-13-20-16-11-7-15(8-12-16)18(19)21-17-9-5-14(4-2)6-10-17/h3,5-12H,1,4,13H2,2H3. The number of hydrogen-bond acceptors (Lipinski definition) is 3. The lowest BCUT2D eigenvalue weighted by Gasteiger charge is -2.06. The number of carbonyl (C=O) groups excluding carboxylic acids is 1. The fourth-order valence-electron chi connectivity index (χ4n) is 1.80. The van der Waals surface area contributed by atoms with Crippen LogP contribution in [-0.4, -0.2) is 12.6 Å². The zero-order valence-electron chi connectivity index (χ0n) is 12.0. The van der Waals surface area contributed by atoms with Crippen LogP contribution >= 0.6 is 0 Å². The molecule has 0 bridgehead atoms. The zero-order chi connectivity index (χ0) is 15.1. The van der Waals surface area contributed by atoms with Crippen molar-refractivity contribution >= 4 is 5.97 Å². The molecule has 108 valence electrons. The van der Waals surface area contributed by atoms with Crippen molar-refractivity contribution in [2.24, 2.45) is 0 Å². The molecule has 3 nitrogen and oxygen atoms in total. The molecular formula is C18H18O3. The van der Waals surface area contributed by atoms with Crippen LogP contribution in [0.2, 0.25) is 0 Å². The quantitative estimate of drug-likeness (QED) is 0.456. The smallest absolute Gasteiger partial charge is 0.343 e. The van der Waals surface area contributed by atoms with Crippen molar-refractivity contribution in [2.75, 3.05) is 6.61 Å². The Morgan fingerprint density at radius 3 is 2.24 bits per heavy atom. The van der Waals surface area contributed by atoms with E-state index < -0.39 is 0 Å². The van der Waals surface area contributed by atoms with Crippen LogP contribution in [0.5, 0.6) is 11.5 Å². The molecule has 0 spiro atoms. The third-order valence-corrected chi connectivity index (χ3v) is 3.00. The van der Waals surface area contributed by atoms with Gasteiger partial charge in [0.25, 0.3) is 0 Å². The second-order valence-corrected chi connectivity index (χ2v) is 4.51. The van der Waals surface area contributed by atoms with E-state index in [4.69, 9.17) is 9.47 Å². The van der Waals surface area contributed by atoms with Gasteiger partial charge >= 0.3 is 5.97 Å². The van der Waals surface area contributed by atoms with Crippen LogP contribution < -0.4 is 9.47 Å². The lowest BCUT2D eigenvalue weighted by atomic mass is 10.2. The maximum absolute atomic E-state index is 12.0. The Labute approximate surface area is 124 Å². The van der Waals surface area contributed by atoms with E-state index in [1.807, 2.05) is 12.1 Å². The molecule has 2 rings (SSSR count). The topological polar surface area (TPSA) is 35.5 Å². The number of carbonyl (C=O) groups is 1. The number of aryl methyl sites for hydroxylation is 1. The van der Waals surface area contributed by atoms with Crippen molar-refractivity contribution in [3.63, 3.8) is 0 Å². The molecule has 0 saturated carbocycles. The van der Waals surface area contributed by atoms with Gasteiger partial charge in [-0.3, -0.25) is 0 Å². The summed E-state index contributed by atoms with van der Waals surface area (Å²) in [5, 5.41) is 0. The van der Waals surface area contributed by atoms with Crippen molar-refractivity contribution in [3.8, 4) is 11.5 Å². The summed E-state index contributed by atoms with van der Waals surface area (Å²) in [4.78, 5) is 12.0. The summed E-state index contributed by atoms with van der Waals surface area (Å²) in [6.45, 7) is 6.10. The number of benzene rings is 2. The Morgan fingerprint density at radius 1 is 1.05 bits per heavy atom. The molecule has 3 heteroatoms. The van der Waals surface area contributed by atoms with E-state index >= 15 is 0 Å². The average molecular weight is 282 g/mol. The number of ether oxygens (including phenoxy) is 2. The van der Waals surface area contributed by atoms with Crippen molar-refractivity contribution in [1.29, 1.82) is 0 Å². The zero-order valence-corrected chi connectivity index (χ0v) is 12.0. The molecule has 2 aromatic carbocycles. The molecule has 0 atom stereocenters. The van der Waals surface area contributed by atoms with Crippen LogP contribution in [0.15, 0.2) is 61.2 Å². The van der Waals surface area contributed by atoms with Crippen molar-refractivity contribution in [3.05, 3.63) is 72.3 Å². The van der Waals surface area contributed by atoms with Gasteiger partial charge in [0.1, 0.15) is 18.1 Å². The molecule has 0 aliphatic carbocycles. The van der Waals surface area contributed by atoms with Gasteiger partial charge in [-0.05, 0) is 48.4 Å². The first-order valence-corrected chi connectivity index (χ1v) is 6.88. The van der Waals surface area contributed by atoms with Crippen LogP contribution in [0.25, 0.3) is 0 Å². The maximum Gasteiger partial charge on any atom is 0.343 e. The fraction of sp³-hybridized carbons (Fsp3) is 0.167. The first kappa shape index (κ1) is 14.9. The fourth-order valence-corrected chi connectivity index (χ4v) is 1.80. The largest absolute Gasteiger partial charge is 0.490 e. The number of rotatable bonds is 6. The first-order chi connectivity index (χ1) is 10.2. The van der Waals surface area contributed by atoms with Gasteiger partial charge in [0, 0.05) is 0 Å². The molecular weight excluding hydrogens is 264 g/mol. The van der Waals surface area contributed by atoms with Gasteiger partial charge in [-0.2, -0.15) is 0 Å². The van der Waals surface area contributed by atoms with Gasteiger partial charge in [-0.1, -0.05) is 31.7 Å². The Morgan fingerprint density at radius 2 is 1.67 bits per heavy atom. The first-order valence-electron chi connectivity index (χ1n) is 6.88. The van der Waals surface area contributed by atoms with E-state index in [-0.39, 0.29) is 5.97 Å². The normalized spacial score (nSPS) is 9.95. The monoisotopic (exact) mass is 282 g/mol. The summed E-state index contributed by atoms with van der Waals surface area (Å²) in [6, 6.07) is 14.4. The minimum Gasteiger partial charge on any atom is -0.490 e. The summed E-state index contributed by atoms with van der Waals surface area (Å²) >= 11 is 0. The predicted molar refractivity (Wildman–Crippen MR) is 82.9 cm³/mol. The minimum atomic E-state index is -0.380. The molecule has 0 aromatic heterocycles. The van der Waals surface area contributed by atoms with Gasteiger partial charge < -0.3 is 9.47 Å². The Bertz CT molecular complexity index is 597. The third-order valence-electron chi connectivity index (χ3n) is 3.00. The van der Waals surface area contributed by atoms with Crippen LogP contribution in [0, 0.1) is 0 Å². The van der Waals surface area contributed by atoms with Crippen molar-refractivity contribution < 1.29 is 14.3 Å². The summed E-state index contributed by atoms with van der Waals surface area (Å²) < 4.78 is 10.7. The van der Waals surface area contributed by atoms with E-state index in [9.17, 15) is 4.79 Å². The van der Waals surface area contributed by atoms with E-state index in [0.717, 1.165) is 6.42 Å². The van der Waals surface area contributed by atoms with Crippen LogP contribution in [-0.2, 0) is 6.42 Å². The number of hydrogen-bond donors (Lipinski definition) is 0. The Hall–Kier alpha value is -2.55. The summed E-state index contributed by atoms with van der Waals surface area (Å²) in [7, 11) is 0. The third kappa shape index (κ3) is 4.21. The van der Waals surface area contributed by atoms with Crippen molar-refractivity contribution in [1.82, 2.24) is 0 Å². The van der Waals surface area contributed by atoms with Gasteiger partial charge in [-0.25, -0.2) is 4.79 Å². The molecule has 0 fully saturated rings. The molecule has 0 heterocycles. The molecule has 2 aromatic rings. The predicted octanol–water partition coefficient (Wildman–Crippen LogP) is 4.03. The van der Waals surface area contributed by atoms with Gasteiger partial charge in [-0.15, -0.1) is 0 Å². The lowest BCUT2D eigenvalue weighted by molar-refractivity contribution is 0.0734. The van der Waals surface area contributed by atoms with Crippen LogP contribution in [0.4, 0.5) is 0 Å². The van der Waals surface area contributed by atoms with E-state index in [0.29, 0.717) is 23.7 Å². The second-order valence-electron chi connectivity index (χ2n) is 4.51. The summed E-state index contributed by atoms with van der Waals surface area (Å²) in [6.07, 6.45) is 2.63. The highest BCUT2D eigenvalue weighted by Crippen LogP contribution is 2.17. The maximum atomic E-state index is 12.0. The minimum absolute atomic E-state index is 0.380. The highest BCUT2D eigenvalue weighted by molar-refractivity contribution is 5.91. The summed E-state index contributed by atoms with van der Waals surface area (Å²) in [5.74, 6) is 0.859. The van der Waals surface area contributed by atoms with Gasteiger partial charge in [0.15, 0.2) is 0 Å². The Balaban J connectivity index is 2.00. The van der Waals surface area contributed by atoms with E-state index in [1.54, 1.807) is 42.5 Å². The number of esters is 1. The molecule has 0 amide bonds. The highest BCUT2D eigenvalue weighted by Gasteiger charge is 2.08. The van der Waals surface area contributed by atoms with Crippen molar-refractivity contribution in [2.45, 2.75) is 13.3 Å². The molecule has 0 aliphatic rings. The van der Waals surface area contributed by atoms with Gasteiger partial charge in [0.05, 0.1) is 5.56 Å².